The van der Waals surface area contributed by atoms with Gasteiger partial charge in [-0.2, -0.15) is 4.31 Å². The Morgan fingerprint density at radius 2 is 2.00 bits per heavy atom. The quantitative estimate of drug-likeness (QED) is 0.818. The zero-order valence-electron chi connectivity index (χ0n) is 10.8. The summed E-state index contributed by atoms with van der Waals surface area (Å²) in [5, 5.41) is 0. The molecule has 0 unspecified atom stereocenters. The molecule has 1 heterocycles. The van der Waals surface area contributed by atoms with Crippen molar-refractivity contribution in [1.29, 1.82) is 0 Å². The van der Waals surface area contributed by atoms with Gasteiger partial charge in [0, 0.05) is 12.6 Å². The summed E-state index contributed by atoms with van der Waals surface area (Å²) in [6.07, 6.45) is 0. The third-order valence-electron chi connectivity index (χ3n) is 3.15. The molecule has 1 aliphatic rings. The van der Waals surface area contributed by atoms with E-state index in [1.165, 1.54) is 5.56 Å². The van der Waals surface area contributed by atoms with Gasteiger partial charge in [-0.3, -0.25) is 0 Å². The van der Waals surface area contributed by atoms with Crippen LogP contribution in [-0.4, -0.2) is 37.7 Å². The Bertz CT molecular complexity index is 495. The Morgan fingerprint density at radius 3 is 2.67 bits per heavy atom. The Balaban J connectivity index is 2.21. The summed E-state index contributed by atoms with van der Waals surface area (Å²) in [7, 11) is -3.21. The summed E-state index contributed by atoms with van der Waals surface area (Å²) in [6.45, 7) is 5.08. The SMILES string of the molecule is Cc1ccc(CN2[C@@H](C)COCCS2(=O)=O)cc1. The van der Waals surface area contributed by atoms with Crippen LogP contribution in [0.4, 0.5) is 0 Å². The van der Waals surface area contributed by atoms with Crippen LogP contribution in [0.1, 0.15) is 18.1 Å². The van der Waals surface area contributed by atoms with E-state index in [0.717, 1.165) is 5.56 Å². The predicted molar refractivity (Wildman–Crippen MR) is 70.8 cm³/mol. The maximum Gasteiger partial charge on any atom is 0.217 e. The number of rotatable bonds is 2. The van der Waals surface area contributed by atoms with Gasteiger partial charge in [-0.25, -0.2) is 8.42 Å². The van der Waals surface area contributed by atoms with Crippen LogP contribution >= 0.6 is 0 Å². The monoisotopic (exact) mass is 269 g/mol. The molecule has 4 nitrogen and oxygen atoms in total. The molecule has 100 valence electrons. The van der Waals surface area contributed by atoms with Gasteiger partial charge >= 0.3 is 0 Å². The van der Waals surface area contributed by atoms with Crippen molar-refractivity contribution in [3.8, 4) is 0 Å². The molecule has 0 aromatic heterocycles. The number of hydrogen-bond donors (Lipinski definition) is 0. The van der Waals surface area contributed by atoms with Crippen LogP contribution in [0.15, 0.2) is 24.3 Å². The summed E-state index contributed by atoms with van der Waals surface area (Å²) in [5.74, 6) is 0.0726. The van der Waals surface area contributed by atoms with E-state index >= 15 is 0 Å². The summed E-state index contributed by atoms with van der Waals surface area (Å²) >= 11 is 0. The third kappa shape index (κ3) is 3.10. The van der Waals surface area contributed by atoms with E-state index in [4.69, 9.17) is 4.74 Å². The van der Waals surface area contributed by atoms with Gasteiger partial charge in [-0.1, -0.05) is 29.8 Å². The van der Waals surface area contributed by atoms with E-state index < -0.39 is 10.0 Å². The first-order valence-corrected chi connectivity index (χ1v) is 7.73. The van der Waals surface area contributed by atoms with Crippen molar-refractivity contribution in [3.63, 3.8) is 0 Å². The lowest BCUT2D eigenvalue weighted by Crippen LogP contribution is -2.39. The second-order valence-corrected chi connectivity index (χ2v) is 6.81. The topological polar surface area (TPSA) is 46.6 Å². The van der Waals surface area contributed by atoms with E-state index in [-0.39, 0.29) is 18.4 Å². The molecule has 1 fully saturated rings. The van der Waals surface area contributed by atoms with Gasteiger partial charge in [0.1, 0.15) is 0 Å². The summed E-state index contributed by atoms with van der Waals surface area (Å²) in [5.41, 5.74) is 2.19. The number of ether oxygens (including phenoxy) is 1. The van der Waals surface area contributed by atoms with Gasteiger partial charge < -0.3 is 4.74 Å². The molecule has 0 saturated carbocycles. The van der Waals surface area contributed by atoms with Crippen molar-refractivity contribution in [2.24, 2.45) is 0 Å². The van der Waals surface area contributed by atoms with E-state index in [2.05, 4.69) is 0 Å². The lowest BCUT2D eigenvalue weighted by atomic mass is 10.1. The lowest BCUT2D eigenvalue weighted by molar-refractivity contribution is 0.116. The van der Waals surface area contributed by atoms with Crippen molar-refractivity contribution >= 4 is 10.0 Å². The van der Waals surface area contributed by atoms with Crippen molar-refractivity contribution in [2.45, 2.75) is 26.4 Å². The molecule has 1 saturated heterocycles. The van der Waals surface area contributed by atoms with Gasteiger partial charge in [0.15, 0.2) is 0 Å². The maximum atomic E-state index is 12.1. The molecule has 0 radical (unpaired) electrons. The number of aryl methyl sites for hydroxylation is 1. The highest BCUT2D eigenvalue weighted by Gasteiger charge is 2.29. The van der Waals surface area contributed by atoms with Gasteiger partial charge in [0.05, 0.1) is 19.0 Å². The van der Waals surface area contributed by atoms with E-state index in [9.17, 15) is 8.42 Å². The molecule has 1 aliphatic heterocycles. The van der Waals surface area contributed by atoms with E-state index in [1.807, 2.05) is 38.1 Å². The van der Waals surface area contributed by atoms with Crippen LogP contribution in [0.25, 0.3) is 0 Å². The van der Waals surface area contributed by atoms with Crippen LogP contribution in [0.5, 0.6) is 0 Å². The fourth-order valence-corrected chi connectivity index (χ4v) is 3.54. The first-order chi connectivity index (χ1) is 8.49. The Labute approximate surface area is 109 Å². The normalized spacial score (nSPS) is 24.7. The van der Waals surface area contributed by atoms with E-state index in [0.29, 0.717) is 13.2 Å². The second kappa shape index (κ2) is 5.38. The molecule has 18 heavy (non-hydrogen) atoms. The van der Waals surface area contributed by atoms with Crippen LogP contribution in [0.2, 0.25) is 0 Å². The zero-order chi connectivity index (χ0) is 13.2. The minimum absolute atomic E-state index is 0.0726. The highest BCUT2D eigenvalue weighted by Crippen LogP contribution is 2.17. The fraction of sp³-hybridized carbons (Fsp3) is 0.538. The van der Waals surface area contributed by atoms with E-state index in [1.54, 1.807) is 4.31 Å². The molecule has 1 aromatic rings. The Hall–Kier alpha value is -0.910. The Morgan fingerprint density at radius 1 is 1.33 bits per heavy atom. The highest BCUT2D eigenvalue weighted by molar-refractivity contribution is 7.89. The van der Waals surface area contributed by atoms with Gasteiger partial charge in [-0.05, 0) is 19.4 Å². The largest absolute Gasteiger partial charge is 0.379 e. The second-order valence-electron chi connectivity index (χ2n) is 4.77. The fourth-order valence-electron chi connectivity index (χ4n) is 2.02. The molecular formula is C13H19NO3S. The number of hydrogen-bond acceptors (Lipinski definition) is 3. The minimum Gasteiger partial charge on any atom is -0.379 e. The summed E-state index contributed by atoms with van der Waals surface area (Å²) in [4.78, 5) is 0. The predicted octanol–water partition coefficient (Wildman–Crippen LogP) is 1.55. The maximum absolute atomic E-state index is 12.1. The lowest BCUT2D eigenvalue weighted by Gasteiger charge is -2.25. The highest BCUT2D eigenvalue weighted by atomic mass is 32.2. The molecular weight excluding hydrogens is 250 g/mol. The molecule has 5 heteroatoms. The number of sulfonamides is 1. The average Bonchev–Trinajstić information content (AvgIpc) is 2.44. The number of nitrogens with zero attached hydrogens (tertiary/aromatic N) is 1. The zero-order valence-corrected chi connectivity index (χ0v) is 11.6. The molecule has 1 aromatic carbocycles. The van der Waals surface area contributed by atoms with Crippen LogP contribution in [0.3, 0.4) is 0 Å². The van der Waals surface area contributed by atoms with Crippen molar-refractivity contribution < 1.29 is 13.2 Å². The first-order valence-electron chi connectivity index (χ1n) is 6.12. The molecule has 0 aliphatic carbocycles. The van der Waals surface area contributed by atoms with Gasteiger partial charge in [0.2, 0.25) is 10.0 Å². The van der Waals surface area contributed by atoms with Crippen LogP contribution in [0, 0.1) is 6.92 Å². The Kier molecular flexibility index (Phi) is 4.04. The van der Waals surface area contributed by atoms with Crippen LogP contribution in [-0.2, 0) is 21.3 Å². The molecule has 1 atom stereocenters. The molecule has 2 rings (SSSR count). The minimum atomic E-state index is -3.21. The first kappa shape index (κ1) is 13.5. The van der Waals surface area contributed by atoms with Gasteiger partial charge in [0.25, 0.3) is 0 Å². The third-order valence-corrected chi connectivity index (χ3v) is 5.04. The van der Waals surface area contributed by atoms with Crippen molar-refractivity contribution in [1.82, 2.24) is 4.31 Å². The molecule has 0 amide bonds. The molecule has 0 spiro atoms. The van der Waals surface area contributed by atoms with Gasteiger partial charge in [-0.15, -0.1) is 0 Å². The van der Waals surface area contributed by atoms with Crippen molar-refractivity contribution in [3.05, 3.63) is 35.4 Å². The van der Waals surface area contributed by atoms with Crippen LogP contribution < -0.4 is 0 Å². The molecule has 0 N–H and O–H groups in total. The van der Waals surface area contributed by atoms with Crippen molar-refractivity contribution in [2.75, 3.05) is 19.0 Å². The standard InChI is InChI=1S/C13H19NO3S/c1-11-3-5-13(6-4-11)9-14-12(2)10-17-7-8-18(14,15)16/h3-6,12H,7-10H2,1-2H3/t12-/m0/s1. The smallest absolute Gasteiger partial charge is 0.217 e. The average molecular weight is 269 g/mol. The summed E-state index contributed by atoms with van der Waals surface area (Å²) < 4.78 is 31.1. The molecule has 0 bridgehead atoms. The number of benzene rings is 1. The summed E-state index contributed by atoms with van der Waals surface area (Å²) in [6, 6.07) is 7.84.